The van der Waals surface area contributed by atoms with Crippen LogP contribution in [0.3, 0.4) is 0 Å². The second-order valence-electron chi connectivity index (χ2n) is 4.37. The molecule has 0 spiro atoms. The molecular weight excluding hydrogens is 361 g/mol. The first-order valence-electron chi connectivity index (χ1n) is 6.22. The number of fused-ring (bicyclic) bond motifs is 1. The molecule has 22 heavy (non-hydrogen) atoms. The number of thiazole rings is 2. The van der Waals surface area contributed by atoms with Crippen LogP contribution in [0, 0.1) is 5.82 Å². The minimum Gasteiger partial charge on any atom is -0.307 e. The van der Waals surface area contributed by atoms with Crippen molar-refractivity contribution in [2.24, 2.45) is 0 Å². The number of hydrogen-bond acceptors (Lipinski definition) is 6. The maximum absolute atomic E-state index is 13.7. The lowest BCUT2D eigenvalue weighted by Gasteiger charge is -1.94. The van der Waals surface area contributed by atoms with Crippen LogP contribution < -0.4 is 5.32 Å². The van der Waals surface area contributed by atoms with Crippen molar-refractivity contribution < 1.29 is 4.39 Å². The first-order valence-corrected chi connectivity index (χ1v) is 9.11. The third-order valence-corrected chi connectivity index (χ3v) is 5.86. The van der Waals surface area contributed by atoms with E-state index in [-0.39, 0.29) is 5.82 Å². The number of nitrogens with one attached hydrogen (secondary N) is 1. The van der Waals surface area contributed by atoms with Crippen LogP contribution in [0.1, 0.15) is 0 Å². The van der Waals surface area contributed by atoms with E-state index in [2.05, 4.69) is 15.3 Å². The molecule has 0 aliphatic heterocycles. The number of aromatic nitrogens is 2. The van der Waals surface area contributed by atoms with Gasteiger partial charge in [-0.2, -0.15) is 0 Å². The molecule has 1 aromatic carbocycles. The lowest BCUT2D eigenvalue weighted by molar-refractivity contribution is 0.637. The average molecular weight is 368 g/mol. The van der Waals surface area contributed by atoms with Gasteiger partial charge in [0, 0.05) is 5.38 Å². The number of para-hydroxylation sites is 1. The van der Waals surface area contributed by atoms with E-state index >= 15 is 0 Å². The lowest BCUT2D eigenvalue weighted by atomic mass is 10.3. The fraction of sp³-hybridized carbons (Fsp3) is 0. The van der Waals surface area contributed by atoms with Gasteiger partial charge in [0.1, 0.15) is 11.3 Å². The van der Waals surface area contributed by atoms with E-state index in [9.17, 15) is 4.39 Å². The van der Waals surface area contributed by atoms with Gasteiger partial charge in [0.15, 0.2) is 10.3 Å². The highest BCUT2D eigenvalue weighted by Gasteiger charge is 2.11. The Morgan fingerprint density at radius 3 is 2.73 bits per heavy atom. The van der Waals surface area contributed by atoms with Crippen LogP contribution >= 0.6 is 45.6 Å². The second-order valence-corrected chi connectivity index (χ2v) is 7.98. The van der Waals surface area contributed by atoms with Crippen LogP contribution in [0.2, 0.25) is 4.34 Å². The van der Waals surface area contributed by atoms with Crippen molar-refractivity contribution in [1.82, 2.24) is 9.97 Å². The third-order valence-electron chi connectivity index (χ3n) is 2.91. The molecule has 0 aliphatic rings. The molecule has 8 heteroatoms. The summed E-state index contributed by atoms with van der Waals surface area (Å²) in [5, 5.41) is 6.45. The maximum atomic E-state index is 13.7. The van der Waals surface area contributed by atoms with Crippen LogP contribution in [0.25, 0.3) is 20.8 Å². The highest BCUT2D eigenvalue weighted by Crippen LogP contribution is 2.35. The number of benzene rings is 1. The summed E-state index contributed by atoms with van der Waals surface area (Å²) in [4.78, 5) is 9.81. The molecule has 0 bridgehead atoms. The van der Waals surface area contributed by atoms with E-state index < -0.39 is 0 Å². The number of halogens is 2. The van der Waals surface area contributed by atoms with Crippen molar-refractivity contribution in [1.29, 1.82) is 0 Å². The SMILES string of the molecule is Fc1cccc2sc(Nc3nc(-c4ccc(Cl)s4)cs3)nc12. The van der Waals surface area contributed by atoms with Gasteiger partial charge in [0.2, 0.25) is 0 Å². The van der Waals surface area contributed by atoms with E-state index in [1.807, 2.05) is 23.6 Å². The van der Waals surface area contributed by atoms with E-state index in [1.54, 1.807) is 6.07 Å². The fourth-order valence-corrected chi connectivity index (χ4v) is 4.69. The largest absolute Gasteiger partial charge is 0.307 e. The summed E-state index contributed by atoms with van der Waals surface area (Å²) in [6.45, 7) is 0. The minimum atomic E-state index is -0.310. The van der Waals surface area contributed by atoms with Crippen molar-refractivity contribution in [2.45, 2.75) is 0 Å². The molecule has 0 saturated carbocycles. The summed E-state index contributed by atoms with van der Waals surface area (Å²) in [6, 6.07) is 8.74. The van der Waals surface area contributed by atoms with Crippen LogP contribution in [0.15, 0.2) is 35.7 Å². The van der Waals surface area contributed by atoms with Crippen molar-refractivity contribution in [3.8, 4) is 10.6 Å². The van der Waals surface area contributed by atoms with Gasteiger partial charge in [-0.25, -0.2) is 14.4 Å². The van der Waals surface area contributed by atoms with Gasteiger partial charge in [0.05, 0.1) is 19.6 Å². The van der Waals surface area contributed by atoms with Crippen molar-refractivity contribution in [3.05, 3.63) is 45.9 Å². The molecule has 3 nitrogen and oxygen atoms in total. The molecule has 3 aromatic heterocycles. The Morgan fingerprint density at radius 2 is 1.95 bits per heavy atom. The zero-order chi connectivity index (χ0) is 15.1. The molecule has 0 atom stereocenters. The molecule has 0 fully saturated rings. The Labute approximate surface area is 142 Å². The smallest absolute Gasteiger partial charge is 0.190 e. The quantitative estimate of drug-likeness (QED) is 0.481. The van der Waals surface area contributed by atoms with Gasteiger partial charge in [-0.05, 0) is 24.3 Å². The van der Waals surface area contributed by atoms with Gasteiger partial charge < -0.3 is 5.32 Å². The summed E-state index contributed by atoms with van der Waals surface area (Å²) in [7, 11) is 0. The van der Waals surface area contributed by atoms with Crippen LogP contribution in [0.4, 0.5) is 14.7 Å². The van der Waals surface area contributed by atoms with E-state index in [0.29, 0.717) is 10.6 Å². The summed E-state index contributed by atoms with van der Waals surface area (Å²) in [6.07, 6.45) is 0. The summed E-state index contributed by atoms with van der Waals surface area (Å²) in [5.41, 5.74) is 1.26. The highest BCUT2D eigenvalue weighted by molar-refractivity contribution is 7.22. The van der Waals surface area contributed by atoms with Crippen LogP contribution in [-0.4, -0.2) is 9.97 Å². The van der Waals surface area contributed by atoms with Gasteiger partial charge >= 0.3 is 0 Å². The molecule has 4 aromatic rings. The maximum Gasteiger partial charge on any atom is 0.190 e. The number of thiophene rings is 1. The van der Waals surface area contributed by atoms with Crippen molar-refractivity contribution >= 4 is 66.1 Å². The molecule has 1 N–H and O–H groups in total. The Bertz CT molecular complexity index is 959. The lowest BCUT2D eigenvalue weighted by Crippen LogP contribution is -1.88. The predicted molar refractivity (Wildman–Crippen MR) is 93.3 cm³/mol. The monoisotopic (exact) mass is 367 g/mol. The second kappa shape index (κ2) is 5.58. The highest BCUT2D eigenvalue weighted by atomic mass is 35.5. The molecule has 0 aliphatic carbocycles. The molecule has 0 amide bonds. The molecule has 0 unspecified atom stereocenters. The minimum absolute atomic E-state index is 0.310. The summed E-state index contributed by atoms with van der Waals surface area (Å²) < 4.78 is 15.2. The van der Waals surface area contributed by atoms with Crippen molar-refractivity contribution in [2.75, 3.05) is 5.32 Å². The molecule has 0 saturated heterocycles. The van der Waals surface area contributed by atoms with Crippen LogP contribution in [-0.2, 0) is 0 Å². The standard InChI is InChI=1S/C14H7ClFN3S3/c15-11-5-4-9(21-11)8-6-20-13(17-8)19-14-18-12-7(16)2-1-3-10(12)22-14/h1-6H,(H,17,18,19). The molecule has 110 valence electrons. The Hall–Kier alpha value is -1.54. The zero-order valence-electron chi connectivity index (χ0n) is 10.8. The number of nitrogens with zero attached hydrogens (tertiary/aromatic N) is 2. The van der Waals surface area contributed by atoms with Gasteiger partial charge in [0.25, 0.3) is 0 Å². The average Bonchev–Trinajstić information content (AvgIpc) is 3.19. The predicted octanol–water partition coefficient (Wildman–Crippen LogP) is 6.02. The first kappa shape index (κ1) is 14.1. The molecular formula is C14H7ClFN3S3. The van der Waals surface area contributed by atoms with E-state index in [0.717, 1.165) is 24.7 Å². The molecule has 3 heterocycles. The Kier molecular flexibility index (Phi) is 3.57. The van der Waals surface area contributed by atoms with Gasteiger partial charge in [-0.3, -0.25) is 0 Å². The Morgan fingerprint density at radius 1 is 1.05 bits per heavy atom. The van der Waals surface area contributed by atoms with E-state index in [1.165, 1.54) is 40.1 Å². The van der Waals surface area contributed by atoms with Crippen LogP contribution in [0.5, 0.6) is 0 Å². The number of rotatable bonds is 3. The first-order chi connectivity index (χ1) is 10.7. The van der Waals surface area contributed by atoms with Gasteiger partial charge in [-0.1, -0.05) is 29.0 Å². The normalized spacial score (nSPS) is 11.2. The fourth-order valence-electron chi connectivity index (χ4n) is 1.96. The zero-order valence-corrected chi connectivity index (χ0v) is 14.0. The molecule has 0 radical (unpaired) electrons. The summed E-state index contributed by atoms with van der Waals surface area (Å²) >= 11 is 10.3. The Balaban J connectivity index is 1.62. The summed E-state index contributed by atoms with van der Waals surface area (Å²) in [5.74, 6) is -0.310. The van der Waals surface area contributed by atoms with Crippen molar-refractivity contribution in [3.63, 3.8) is 0 Å². The topological polar surface area (TPSA) is 37.8 Å². The van der Waals surface area contributed by atoms with Gasteiger partial charge in [-0.15, -0.1) is 22.7 Å². The number of hydrogen-bond donors (Lipinski definition) is 1. The van der Waals surface area contributed by atoms with E-state index in [4.69, 9.17) is 11.6 Å². The molecule has 4 rings (SSSR count). The number of anilines is 2. The third kappa shape index (κ3) is 2.61.